The average Bonchev–Trinajstić information content (AvgIpc) is 2.15. The summed E-state index contributed by atoms with van der Waals surface area (Å²) in [4.78, 5) is 8.78. The van der Waals surface area contributed by atoms with E-state index in [2.05, 4.69) is 0 Å². The molecule has 0 aliphatic carbocycles. The van der Waals surface area contributed by atoms with Crippen LogP contribution in [0.1, 0.15) is 5.56 Å². The highest BCUT2D eigenvalue weighted by Gasteiger charge is 2.29. The van der Waals surface area contributed by atoms with Gasteiger partial charge in [-0.2, -0.15) is 26.3 Å². The zero-order valence-corrected chi connectivity index (χ0v) is 8.39. The van der Waals surface area contributed by atoms with Crippen LogP contribution >= 0.6 is 0 Å². The third kappa shape index (κ3) is 5.97. The zero-order valence-electron chi connectivity index (χ0n) is 8.39. The molecule has 0 amide bonds. The van der Waals surface area contributed by atoms with Gasteiger partial charge in [0.25, 0.3) is 0 Å². The van der Waals surface area contributed by atoms with Gasteiger partial charge in [-0.05, 0) is 0 Å². The Morgan fingerprint density at radius 1 is 1.11 bits per heavy atom. The molecule has 0 heterocycles. The van der Waals surface area contributed by atoms with Crippen LogP contribution in [-0.2, 0) is 11.0 Å². The van der Waals surface area contributed by atoms with Crippen LogP contribution in [-0.4, -0.2) is 12.1 Å². The van der Waals surface area contributed by atoms with E-state index in [4.69, 9.17) is 15.6 Å². The average molecular weight is 273 g/mol. The maximum atomic E-state index is 11.9. The van der Waals surface area contributed by atoms with Crippen LogP contribution in [0.3, 0.4) is 0 Å². The van der Waals surface area contributed by atoms with Gasteiger partial charge in [0.15, 0.2) is 0 Å². The number of benzene rings is 1. The fraction of sp³-hybridized carbons (Fsp3) is 0.222. The largest absolute Gasteiger partial charge is 0.699 e. The first-order valence-electron chi connectivity index (χ1n) is 4.11. The molecule has 0 unspecified atom stereocenters. The molecule has 0 saturated carbocycles. The van der Waals surface area contributed by atoms with Crippen molar-refractivity contribution in [2.75, 3.05) is 0 Å². The van der Waals surface area contributed by atoms with Crippen molar-refractivity contribution in [2.45, 2.75) is 12.4 Å². The molecule has 0 saturated heterocycles. The number of nitrogens with one attached hydrogen (secondary N) is 1. The topological polar surface area (TPSA) is 63.9 Å². The summed E-state index contributed by atoms with van der Waals surface area (Å²) in [5, 5.41) is 8.78. The number of alkyl halides is 6. The predicted molar refractivity (Wildman–Crippen MR) is 46.5 cm³/mol. The lowest BCUT2D eigenvalue weighted by Crippen LogP contribution is -2.37. The van der Waals surface area contributed by atoms with Gasteiger partial charge in [-0.3, -0.25) is 0 Å². The normalized spacial score (nSPS) is 11.4. The highest BCUT2D eigenvalue weighted by molar-refractivity contribution is 5.70. The predicted octanol–water partition coefficient (Wildman–Crippen LogP) is 2.69. The van der Waals surface area contributed by atoms with Crippen LogP contribution in [0, 0.1) is 0 Å². The Labute approximate surface area is 96.8 Å². The number of carbonyl (C=O) groups excluding carboxylic acids is 1. The monoisotopic (exact) mass is 273 g/mol. The molecule has 18 heavy (non-hydrogen) atoms. The third-order valence-electron chi connectivity index (χ3n) is 1.42. The summed E-state index contributed by atoms with van der Waals surface area (Å²) < 4.78 is 67.2. The van der Waals surface area contributed by atoms with Crippen molar-refractivity contribution in [1.82, 2.24) is 0 Å². The number of carboxylic acids is 1. The molecule has 0 fully saturated rings. The second kappa shape index (κ2) is 5.61. The number of carbonyl (C=O) groups is 1. The van der Waals surface area contributed by atoms with Gasteiger partial charge >= 0.3 is 12.4 Å². The fourth-order valence-corrected chi connectivity index (χ4v) is 0.696. The van der Waals surface area contributed by atoms with Crippen molar-refractivity contribution in [2.24, 2.45) is 0 Å². The van der Waals surface area contributed by atoms with Crippen LogP contribution in [0.15, 0.2) is 24.3 Å². The lowest BCUT2D eigenvalue weighted by atomic mass is 10.2. The van der Waals surface area contributed by atoms with E-state index in [-0.39, 0.29) is 5.69 Å². The molecule has 3 nitrogen and oxygen atoms in total. The van der Waals surface area contributed by atoms with E-state index in [1.807, 2.05) is 0 Å². The molecule has 0 spiro atoms. The summed E-state index contributed by atoms with van der Waals surface area (Å²) in [6.45, 7) is 0. The summed E-state index contributed by atoms with van der Waals surface area (Å²) in [5.74, 6) is -3.01. The Morgan fingerprint density at radius 3 is 1.78 bits per heavy atom. The molecule has 102 valence electrons. The number of hydrogen-bond acceptors (Lipinski definition) is 2. The maximum absolute atomic E-state index is 11.9. The Kier molecular flexibility index (Phi) is 5.00. The zero-order chi connectivity index (χ0) is 14.6. The van der Waals surface area contributed by atoms with E-state index >= 15 is 0 Å². The van der Waals surface area contributed by atoms with E-state index in [0.717, 1.165) is 12.1 Å². The van der Waals surface area contributed by atoms with Crippen molar-refractivity contribution in [1.29, 1.82) is 0 Å². The van der Waals surface area contributed by atoms with Gasteiger partial charge in [0.05, 0.1) is 5.56 Å². The molecule has 0 aromatic heterocycles. The van der Waals surface area contributed by atoms with Crippen LogP contribution in [0.2, 0.25) is 0 Å². The standard InChI is InChI=1S/C7H5F3N.C2HF3O2/c8-7(9,10)5-2-1-3-6(11)4-5;3-2(4,5)1(6)7/h1-4,11H;(H,6,7)/q-1;/p-1. The van der Waals surface area contributed by atoms with Crippen molar-refractivity contribution in [3.05, 3.63) is 35.6 Å². The minimum Gasteiger partial charge on any atom is -0.699 e. The van der Waals surface area contributed by atoms with E-state index in [1.165, 1.54) is 12.1 Å². The van der Waals surface area contributed by atoms with E-state index < -0.39 is 23.9 Å². The number of halogens is 6. The number of hydrogen-bond donors (Lipinski definition) is 0. The second-order valence-corrected chi connectivity index (χ2v) is 2.86. The van der Waals surface area contributed by atoms with Crippen molar-refractivity contribution >= 4 is 11.7 Å². The van der Waals surface area contributed by atoms with Gasteiger partial charge in [-0.1, -0.05) is 24.3 Å². The first-order valence-corrected chi connectivity index (χ1v) is 4.11. The van der Waals surface area contributed by atoms with E-state index in [1.54, 1.807) is 0 Å². The molecular formula is C9H5F6NO2-2. The highest BCUT2D eigenvalue weighted by atomic mass is 19.4. The van der Waals surface area contributed by atoms with Crippen LogP contribution in [0.25, 0.3) is 5.73 Å². The Bertz CT molecular complexity index is 412. The van der Waals surface area contributed by atoms with Crippen LogP contribution in [0.5, 0.6) is 0 Å². The maximum Gasteiger partial charge on any atom is 0.430 e. The van der Waals surface area contributed by atoms with Gasteiger partial charge < -0.3 is 15.6 Å². The molecular weight excluding hydrogens is 268 g/mol. The third-order valence-corrected chi connectivity index (χ3v) is 1.42. The molecule has 1 rings (SSSR count). The Hall–Kier alpha value is -1.93. The van der Waals surface area contributed by atoms with E-state index in [9.17, 15) is 26.3 Å². The summed E-state index contributed by atoms with van der Waals surface area (Å²) in [6, 6.07) is 4.25. The minimum absolute atomic E-state index is 0.125. The molecule has 0 aliphatic heterocycles. The van der Waals surface area contributed by atoms with Gasteiger partial charge in [0, 0.05) is 0 Å². The van der Waals surface area contributed by atoms with Crippen LogP contribution in [0.4, 0.5) is 32.0 Å². The second-order valence-electron chi connectivity index (χ2n) is 2.86. The quantitative estimate of drug-likeness (QED) is 0.682. The lowest BCUT2D eigenvalue weighted by Gasteiger charge is -2.09. The summed E-state index contributed by atoms with van der Waals surface area (Å²) >= 11 is 0. The Morgan fingerprint density at radius 2 is 1.56 bits per heavy atom. The Balaban J connectivity index is 0.000000360. The molecule has 0 radical (unpaired) electrons. The van der Waals surface area contributed by atoms with E-state index in [0.29, 0.717) is 0 Å². The van der Waals surface area contributed by atoms with Crippen molar-refractivity contribution in [3.8, 4) is 0 Å². The SMILES string of the molecule is O=C([O-])C(F)(F)F.[NH-]c1cccc(C(F)(F)F)c1. The van der Waals surface area contributed by atoms with Gasteiger partial charge in [-0.15, -0.1) is 5.69 Å². The number of aliphatic carboxylic acids is 1. The molecule has 0 aliphatic rings. The minimum atomic E-state index is -5.19. The fourth-order valence-electron chi connectivity index (χ4n) is 0.696. The van der Waals surface area contributed by atoms with Crippen LogP contribution < -0.4 is 5.11 Å². The molecule has 1 aromatic rings. The molecule has 0 atom stereocenters. The number of rotatable bonds is 0. The van der Waals surface area contributed by atoms with Gasteiger partial charge in [0.2, 0.25) is 0 Å². The highest BCUT2D eigenvalue weighted by Crippen LogP contribution is 2.30. The van der Waals surface area contributed by atoms with Gasteiger partial charge in [-0.25, -0.2) is 0 Å². The van der Waals surface area contributed by atoms with Gasteiger partial charge in [0.1, 0.15) is 5.97 Å². The summed E-state index contributed by atoms with van der Waals surface area (Å²) in [5.41, 5.74) is 6.02. The molecule has 9 heteroatoms. The molecule has 1 aromatic carbocycles. The van der Waals surface area contributed by atoms with Crippen molar-refractivity contribution < 1.29 is 36.2 Å². The summed E-state index contributed by atoms with van der Waals surface area (Å²) in [6.07, 6.45) is -9.53. The first kappa shape index (κ1) is 16.1. The molecule has 0 bridgehead atoms. The summed E-state index contributed by atoms with van der Waals surface area (Å²) in [7, 11) is 0. The smallest absolute Gasteiger partial charge is 0.430 e. The van der Waals surface area contributed by atoms with Crippen molar-refractivity contribution in [3.63, 3.8) is 0 Å². The number of carboxylic acid groups (broad SMARTS) is 1. The molecule has 1 N–H and O–H groups in total. The first-order chi connectivity index (χ1) is 7.94. The lowest BCUT2D eigenvalue weighted by molar-refractivity contribution is -0.344.